The molecule has 0 aliphatic carbocycles. The van der Waals surface area contributed by atoms with E-state index in [1.54, 1.807) is 4.90 Å². The Kier molecular flexibility index (Phi) is 5.45. The number of carbonyl (C=O) groups is 1. The summed E-state index contributed by atoms with van der Waals surface area (Å²) in [6.45, 7) is 2.32. The number of amides is 1. The van der Waals surface area contributed by atoms with Crippen LogP contribution in [-0.4, -0.2) is 37.5 Å². The van der Waals surface area contributed by atoms with Crippen LogP contribution in [0.5, 0.6) is 0 Å². The molecule has 1 N–H and O–H groups in total. The second-order valence-electron chi connectivity index (χ2n) is 5.70. The molecule has 122 valence electrons. The van der Waals surface area contributed by atoms with E-state index >= 15 is 0 Å². The van der Waals surface area contributed by atoms with Gasteiger partial charge in [0.15, 0.2) is 0 Å². The van der Waals surface area contributed by atoms with Crippen molar-refractivity contribution < 1.29 is 18.0 Å². The first-order chi connectivity index (χ1) is 10.4. The van der Waals surface area contributed by atoms with Crippen LogP contribution in [0.2, 0.25) is 0 Å². The molecule has 22 heavy (non-hydrogen) atoms. The van der Waals surface area contributed by atoms with Gasteiger partial charge in [0.1, 0.15) is 0 Å². The Labute approximate surface area is 128 Å². The molecular weight excluding hydrogens is 293 g/mol. The van der Waals surface area contributed by atoms with Crippen molar-refractivity contribution in [3.8, 4) is 0 Å². The van der Waals surface area contributed by atoms with Crippen LogP contribution in [0.25, 0.3) is 0 Å². The highest BCUT2D eigenvalue weighted by Gasteiger charge is 2.30. The van der Waals surface area contributed by atoms with Gasteiger partial charge in [0.05, 0.1) is 5.56 Å². The van der Waals surface area contributed by atoms with E-state index in [0.29, 0.717) is 24.6 Å². The van der Waals surface area contributed by atoms with E-state index in [1.807, 2.05) is 7.05 Å². The molecule has 0 atom stereocenters. The summed E-state index contributed by atoms with van der Waals surface area (Å²) in [6, 6.07) is 4.45. The lowest BCUT2D eigenvalue weighted by Gasteiger charge is -2.32. The van der Waals surface area contributed by atoms with Crippen LogP contribution in [0.1, 0.15) is 35.2 Å². The maximum absolute atomic E-state index is 12.5. The monoisotopic (exact) mass is 314 g/mol. The minimum atomic E-state index is -4.37. The molecule has 1 fully saturated rings. The number of likely N-dealkylation sites (tertiary alicyclic amines) is 1. The van der Waals surface area contributed by atoms with Gasteiger partial charge in [0.25, 0.3) is 5.91 Å². The number of hydrogen-bond acceptors (Lipinski definition) is 2. The fourth-order valence-corrected chi connectivity index (χ4v) is 2.76. The van der Waals surface area contributed by atoms with E-state index in [-0.39, 0.29) is 5.91 Å². The first-order valence-electron chi connectivity index (χ1n) is 7.53. The molecule has 0 unspecified atom stereocenters. The molecule has 3 nitrogen and oxygen atoms in total. The summed E-state index contributed by atoms with van der Waals surface area (Å²) < 4.78 is 37.6. The topological polar surface area (TPSA) is 32.3 Å². The van der Waals surface area contributed by atoms with Crippen molar-refractivity contribution in [1.82, 2.24) is 10.2 Å². The lowest BCUT2D eigenvalue weighted by atomic mass is 9.93. The van der Waals surface area contributed by atoms with Gasteiger partial charge in [0, 0.05) is 18.7 Å². The summed E-state index contributed by atoms with van der Waals surface area (Å²) in [6.07, 6.45) is -1.37. The molecule has 0 radical (unpaired) electrons. The summed E-state index contributed by atoms with van der Waals surface area (Å²) in [4.78, 5) is 14.0. The minimum Gasteiger partial charge on any atom is -0.339 e. The molecule has 0 bridgehead atoms. The van der Waals surface area contributed by atoms with E-state index in [1.165, 1.54) is 12.1 Å². The Hall–Kier alpha value is -1.56. The largest absolute Gasteiger partial charge is 0.416 e. The SMILES string of the molecule is CNCCC1CCN(C(=O)c2ccc(C(F)(F)F)cc2)CC1. The van der Waals surface area contributed by atoms with Crippen molar-refractivity contribution in [1.29, 1.82) is 0 Å². The molecular formula is C16H21F3N2O. The Balaban J connectivity index is 1.92. The quantitative estimate of drug-likeness (QED) is 0.926. The Morgan fingerprint density at radius 1 is 1.23 bits per heavy atom. The van der Waals surface area contributed by atoms with Gasteiger partial charge in [-0.25, -0.2) is 0 Å². The Morgan fingerprint density at radius 3 is 2.32 bits per heavy atom. The third-order valence-corrected chi connectivity index (χ3v) is 4.16. The highest BCUT2D eigenvalue weighted by atomic mass is 19.4. The zero-order chi connectivity index (χ0) is 16.2. The fourth-order valence-electron chi connectivity index (χ4n) is 2.76. The molecule has 1 saturated heterocycles. The van der Waals surface area contributed by atoms with Crippen molar-refractivity contribution >= 4 is 5.91 Å². The van der Waals surface area contributed by atoms with Crippen LogP contribution < -0.4 is 5.32 Å². The molecule has 0 saturated carbocycles. The van der Waals surface area contributed by atoms with Crippen LogP contribution in [0.4, 0.5) is 13.2 Å². The fraction of sp³-hybridized carbons (Fsp3) is 0.562. The molecule has 1 aliphatic heterocycles. The van der Waals surface area contributed by atoms with E-state index < -0.39 is 11.7 Å². The van der Waals surface area contributed by atoms with Crippen molar-refractivity contribution in [2.24, 2.45) is 5.92 Å². The first kappa shape index (κ1) is 16.8. The van der Waals surface area contributed by atoms with Crippen molar-refractivity contribution in [2.45, 2.75) is 25.4 Å². The number of nitrogens with zero attached hydrogens (tertiary/aromatic N) is 1. The first-order valence-corrected chi connectivity index (χ1v) is 7.53. The van der Waals surface area contributed by atoms with Crippen molar-refractivity contribution in [3.05, 3.63) is 35.4 Å². The summed E-state index contributed by atoms with van der Waals surface area (Å²) in [7, 11) is 1.92. The predicted molar refractivity (Wildman–Crippen MR) is 78.6 cm³/mol. The highest BCUT2D eigenvalue weighted by Crippen LogP contribution is 2.29. The number of piperidine rings is 1. The number of halogens is 3. The number of rotatable bonds is 4. The maximum atomic E-state index is 12.5. The third-order valence-electron chi connectivity index (χ3n) is 4.16. The molecule has 1 heterocycles. The Bertz CT molecular complexity index is 491. The minimum absolute atomic E-state index is 0.180. The number of nitrogens with one attached hydrogen (secondary N) is 1. The van der Waals surface area contributed by atoms with Gasteiger partial charge in [-0.2, -0.15) is 13.2 Å². The second kappa shape index (κ2) is 7.13. The number of hydrogen-bond donors (Lipinski definition) is 1. The van der Waals surface area contributed by atoms with Gasteiger partial charge in [0.2, 0.25) is 0 Å². The molecule has 6 heteroatoms. The summed E-state index contributed by atoms with van der Waals surface area (Å²) >= 11 is 0. The summed E-state index contributed by atoms with van der Waals surface area (Å²) in [5.74, 6) is 0.435. The molecule has 1 aromatic carbocycles. The molecule has 2 rings (SSSR count). The van der Waals surface area contributed by atoms with Crippen LogP contribution in [0, 0.1) is 5.92 Å². The molecule has 1 aliphatic rings. The average molecular weight is 314 g/mol. The van der Waals surface area contributed by atoms with E-state index in [9.17, 15) is 18.0 Å². The van der Waals surface area contributed by atoms with E-state index in [0.717, 1.165) is 37.9 Å². The van der Waals surface area contributed by atoms with Crippen molar-refractivity contribution in [2.75, 3.05) is 26.7 Å². The Morgan fingerprint density at radius 2 is 1.82 bits per heavy atom. The standard InChI is InChI=1S/C16H21F3N2O/c1-20-9-6-12-7-10-21(11-8-12)15(22)13-2-4-14(5-3-13)16(17,18)19/h2-5,12,20H,6-11H2,1H3. The number of carbonyl (C=O) groups excluding carboxylic acids is 1. The lowest BCUT2D eigenvalue weighted by Crippen LogP contribution is -2.39. The smallest absolute Gasteiger partial charge is 0.339 e. The van der Waals surface area contributed by atoms with E-state index in [2.05, 4.69) is 5.32 Å². The van der Waals surface area contributed by atoms with Crippen LogP contribution in [0.3, 0.4) is 0 Å². The normalized spacial score (nSPS) is 16.8. The number of benzene rings is 1. The van der Waals surface area contributed by atoms with Gasteiger partial charge < -0.3 is 10.2 Å². The zero-order valence-electron chi connectivity index (χ0n) is 12.6. The summed E-state index contributed by atoms with van der Waals surface area (Å²) in [5, 5.41) is 3.12. The average Bonchev–Trinajstić information content (AvgIpc) is 2.52. The third kappa shape index (κ3) is 4.22. The molecule has 1 amide bonds. The second-order valence-corrected chi connectivity index (χ2v) is 5.70. The van der Waals surface area contributed by atoms with Gasteiger partial charge in [-0.1, -0.05) is 0 Å². The molecule has 0 spiro atoms. The van der Waals surface area contributed by atoms with E-state index in [4.69, 9.17) is 0 Å². The van der Waals surface area contributed by atoms with Crippen LogP contribution in [0.15, 0.2) is 24.3 Å². The summed E-state index contributed by atoms with van der Waals surface area (Å²) in [5.41, 5.74) is -0.406. The predicted octanol–water partition coefficient (Wildman–Crippen LogP) is 3.17. The van der Waals surface area contributed by atoms with Crippen LogP contribution >= 0.6 is 0 Å². The molecule has 0 aromatic heterocycles. The highest BCUT2D eigenvalue weighted by molar-refractivity contribution is 5.94. The molecule has 1 aromatic rings. The maximum Gasteiger partial charge on any atom is 0.416 e. The van der Waals surface area contributed by atoms with Crippen LogP contribution in [-0.2, 0) is 6.18 Å². The van der Waals surface area contributed by atoms with Gasteiger partial charge in [-0.3, -0.25) is 4.79 Å². The van der Waals surface area contributed by atoms with Gasteiger partial charge in [-0.05, 0) is 63.0 Å². The van der Waals surface area contributed by atoms with Crippen molar-refractivity contribution in [3.63, 3.8) is 0 Å². The van der Waals surface area contributed by atoms with Gasteiger partial charge in [-0.15, -0.1) is 0 Å². The number of alkyl halides is 3. The van der Waals surface area contributed by atoms with Gasteiger partial charge >= 0.3 is 6.18 Å². The zero-order valence-corrected chi connectivity index (χ0v) is 12.6. The lowest BCUT2D eigenvalue weighted by molar-refractivity contribution is -0.137.